The summed E-state index contributed by atoms with van der Waals surface area (Å²) in [5.74, 6) is -0.411. The molecule has 0 aliphatic carbocycles. The largest absolute Gasteiger partial charge is 0.339 e. The van der Waals surface area contributed by atoms with Gasteiger partial charge in [-0.1, -0.05) is 12.1 Å². The van der Waals surface area contributed by atoms with Crippen molar-refractivity contribution in [3.8, 4) is 5.69 Å². The van der Waals surface area contributed by atoms with Gasteiger partial charge in [-0.05, 0) is 56.3 Å². The number of likely N-dealkylation sites (N-methyl/N-ethyl adjacent to an activating group) is 1. The molecule has 2 aliphatic rings. The molecule has 0 N–H and O–H groups in total. The second-order valence-electron chi connectivity index (χ2n) is 8.70. The van der Waals surface area contributed by atoms with Crippen molar-refractivity contribution in [2.45, 2.75) is 18.9 Å². The summed E-state index contributed by atoms with van der Waals surface area (Å²) in [6, 6.07) is 14.6. The number of carbonyl (C=O) groups is 3. The summed E-state index contributed by atoms with van der Waals surface area (Å²) in [6.07, 6.45) is 4.79. The number of likely N-dealkylation sites (tertiary alicyclic amines) is 1. The molecule has 0 unspecified atom stereocenters. The molecule has 0 radical (unpaired) electrons. The number of carbonyl (C=O) groups excluding carboxylic acids is 3. The van der Waals surface area contributed by atoms with Crippen molar-refractivity contribution in [3.63, 3.8) is 0 Å². The van der Waals surface area contributed by atoms with E-state index in [0.717, 1.165) is 18.5 Å². The van der Waals surface area contributed by atoms with Gasteiger partial charge in [0.05, 0.1) is 16.8 Å². The quantitative estimate of drug-likeness (QED) is 0.526. The highest BCUT2D eigenvalue weighted by molar-refractivity contribution is 6.21. The van der Waals surface area contributed by atoms with Crippen LogP contribution in [-0.2, 0) is 0 Å². The number of amides is 3. The maximum atomic E-state index is 12.9. The fourth-order valence-electron chi connectivity index (χ4n) is 4.67. The zero-order valence-electron chi connectivity index (χ0n) is 19.0. The number of hydrogen-bond donors (Lipinski definition) is 0. The van der Waals surface area contributed by atoms with Crippen LogP contribution in [0.2, 0.25) is 0 Å². The molecule has 3 amide bonds. The Bertz CT molecular complexity index is 1160. The minimum atomic E-state index is -0.218. The van der Waals surface area contributed by atoms with Crippen LogP contribution in [0.15, 0.2) is 61.2 Å². The van der Waals surface area contributed by atoms with Gasteiger partial charge in [0.15, 0.2) is 0 Å². The Kier molecular flexibility index (Phi) is 5.93. The van der Waals surface area contributed by atoms with E-state index in [1.807, 2.05) is 36.2 Å². The molecule has 34 heavy (non-hydrogen) atoms. The highest BCUT2D eigenvalue weighted by Gasteiger charge is 2.35. The smallest absolute Gasteiger partial charge is 0.261 e. The second-order valence-corrected chi connectivity index (χ2v) is 8.70. The van der Waals surface area contributed by atoms with E-state index in [4.69, 9.17) is 0 Å². The first-order chi connectivity index (χ1) is 16.5. The molecule has 3 aromatic rings. The van der Waals surface area contributed by atoms with E-state index in [9.17, 15) is 14.4 Å². The molecule has 5 rings (SSSR count). The first kappa shape index (κ1) is 22.0. The van der Waals surface area contributed by atoms with Crippen LogP contribution in [0.25, 0.3) is 5.69 Å². The maximum Gasteiger partial charge on any atom is 0.261 e. The Morgan fingerprint density at radius 3 is 2.24 bits per heavy atom. The molecule has 3 heterocycles. The van der Waals surface area contributed by atoms with Gasteiger partial charge < -0.3 is 9.80 Å². The number of hydrogen-bond acceptors (Lipinski definition) is 6. The van der Waals surface area contributed by atoms with Gasteiger partial charge in [0.2, 0.25) is 0 Å². The Morgan fingerprint density at radius 1 is 1.00 bits per heavy atom. The minimum Gasteiger partial charge on any atom is -0.339 e. The molecular formula is C25H26N6O3. The molecule has 9 heteroatoms. The summed E-state index contributed by atoms with van der Waals surface area (Å²) < 4.78 is 1.65. The van der Waals surface area contributed by atoms with Gasteiger partial charge in [0, 0.05) is 37.8 Å². The molecule has 1 aromatic heterocycles. The first-order valence-corrected chi connectivity index (χ1v) is 11.4. The predicted molar refractivity (Wildman–Crippen MR) is 125 cm³/mol. The van der Waals surface area contributed by atoms with Gasteiger partial charge in [0.1, 0.15) is 12.7 Å². The third-order valence-electron chi connectivity index (χ3n) is 6.73. The number of piperidine rings is 1. The number of aromatic nitrogens is 3. The summed E-state index contributed by atoms with van der Waals surface area (Å²) in [7, 11) is 2.02. The normalized spacial score (nSPS) is 16.4. The van der Waals surface area contributed by atoms with Crippen molar-refractivity contribution >= 4 is 17.7 Å². The molecule has 9 nitrogen and oxygen atoms in total. The Morgan fingerprint density at radius 2 is 1.65 bits per heavy atom. The number of imide groups is 1. The van der Waals surface area contributed by atoms with E-state index in [-0.39, 0.29) is 17.7 Å². The molecule has 2 aromatic carbocycles. The molecule has 1 saturated heterocycles. The second kappa shape index (κ2) is 9.18. The average Bonchev–Trinajstić information content (AvgIpc) is 3.50. The topological polar surface area (TPSA) is 91.6 Å². The van der Waals surface area contributed by atoms with E-state index in [1.54, 1.807) is 35.3 Å². The zero-order valence-corrected chi connectivity index (χ0v) is 19.0. The molecule has 0 saturated carbocycles. The number of benzene rings is 2. The molecule has 0 bridgehead atoms. The summed E-state index contributed by atoms with van der Waals surface area (Å²) in [6.45, 7) is 2.31. The van der Waals surface area contributed by atoms with Gasteiger partial charge in [-0.25, -0.2) is 9.67 Å². The number of rotatable bonds is 6. The third kappa shape index (κ3) is 4.10. The van der Waals surface area contributed by atoms with E-state index in [2.05, 4.69) is 15.0 Å². The van der Waals surface area contributed by atoms with Crippen LogP contribution >= 0.6 is 0 Å². The van der Waals surface area contributed by atoms with Gasteiger partial charge in [0.25, 0.3) is 17.7 Å². The van der Waals surface area contributed by atoms with Crippen molar-refractivity contribution in [1.29, 1.82) is 0 Å². The molecular weight excluding hydrogens is 432 g/mol. The van der Waals surface area contributed by atoms with Crippen LogP contribution < -0.4 is 0 Å². The van der Waals surface area contributed by atoms with Crippen LogP contribution in [0.5, 0.6) is 0 Å². The van der Waals surface area contributed by atoms with Crippen molar-refractivity contribution < 1.29 is 14.4 Å². The van der Waals surface area contributed by atoms with Crippen LogP contribution in [0.4, 0.5) is 0 Å². The number of fused-ring (bicyclic) bond motifs is 1. The summed E-state index contributed by atoms with van der Waals surface area (Å²) >= 11 is 0. The zero-order chi connectivity index (χ0) is 23.7. The van der Waals surface area contributed by atoms with E-state index < -0.39 is 0 Å². The van der Waals surface area contributed by atoms with Gasteiger partial charge in [-0.3, -0.25) is 19.3 Å². The fraction of sp³-hybridized carbons (Fsp3) is 0.320. The van der Waals surface area contributed by atoms with E-state index in [0.29, 0.717) is 48.9 Å². The van der Waals surface area contributed by atoms with Gasteiger partial charge in [-0.15, -0.1) is 0 Å². The minimum absolute atomic E-state index is 0.0252. The Hall–Kier alpha value is -3.85. The lowest BCUT2D eigenvalue weighted by Gasteiger charge is -2.37. The Labute approximate surface area is 197 Å². The molecule has 2 aliphatic heterocycles. The van der Waals surface area contributed by atoms with Gasteiger partial charge >= 0.3 is 0 Å². The highest BCUT2D eigenvalue weighted by atomic mass is 16.2. The highest BCUT2D eigenvalue weighted by Crippen LogP contribution is 2.23. The van der Waals surface area contributed by atoms with Crippen molar-refractivity contribution in [2.75, 3.05) is 33.2 Å². The summed E-state index contributed by atoms with van der Waals surface area (Å²) in [4.78, 5) is 47.4. The van der Waals surface area contributed by atoms with Crippen molar-refractivity contribution in [3.05, 3.63) is 77.9 Å². The van der Waals surface area contributed by atoms with Crippen LogP contribution in [0, 0.1) is 0 Å². The monoisotopic (exact) mass is 458 g/mol. The van der Waals surface area contributed by atoms with Crippen molar-refractivity contribution in [1.82, 2.24) is 29.5 Å². The lowest BCUT2D eigenvalue weighted by molar-refractivity contribution is 0.0573. The predicted octanol–water partition coefficient (Wildman–Crippen LogP) is 2.10. The molecule has 174 valence electrons. The van der Waals surface area contributed by atoms with E-state index in [1.165, 1.54) is 11.2 Å². The molecule has 1 fully saturated rings. The fourth-order valence-corrected chi connectivity index (χ4v) is 4.67. The first-order valence-electron chi connectivity index (χ1n) is 11.4. The molecule has 0 atom stereocenters. The average molecular weight is 459 g/mol. The lowest BCUT2D eigenvalue weighted by Crippen LogP contribution is -2.47. The van der Waals surface area contributed by atoms with E-state index >= 15 is 0 Å². The lowest BCUT2D eigenvalue weighted by atomic mass is 10.0. The molecule has 0 spiro atoms. The van der Waals surface area contributed by atoms with Crippen molar-refractivity contribution in [2.24, 2.45) is 0 Å². The van der Waals surface area contributed by atoms with Crippen LogP contribution in [0.3, 0.4) is 0 Å². The maximum absolute atomic E-state index is 12.9. The van der Waals surface area contributed by atoms with Gasteiger partial charge in [-0.2, -0.15) is 5.10 Å². The number of nitrogens with zero attached hydrogens (tertiary/aromatic N) is 6. The van der Waals surface area contributed by atoms with Crippen LogP contribution in [-0.4, -0.2) is 86.5 Å². The SMILES string of the molecule is CN(CCN1C(=O)c2ccccc2C1=O)C1CCN(C(=O)c2ccc(-n3cncn3)cc2)CC1. The Balaban J connectivity index is 1.12. The summed E-state index contributed by atoms with van der Waals surface area (Å²) in [5, 5.41) is 4.10. The summed E-state index contributed by atoms with van der Waals surface area (Å²) in [5.41, 5.74) is 2.47. The third-order valence-corrected chi connectivity index (χ3v) is 6.73. The van der Waals surface area contributed by atoms with Crippen LogP contribution in [0.1, 0.15) is 43.9 Å². The standard InChI is InChI=1S/C25H26N6O3/c1-28(14-15-30-24(33)21-4-2-3-5-22(21)25(30)34)19-10-12-29(13-11-19)23(32)18-6-8-20(9-7-18)31-17-26-16-27-31/h2-9,16-17,19H,10-15H2,1H3.